The van der Waals surface area contributed by atoms with Gasteiger partial charge in [-0.15, -0.1) is 12.4 Å². The first-order valence-corrected chi connectivity index (χ1v) is 6.71. The summed E-state index contributed by atoms with van der Waals surface area (Å²) < 4.78 is 27.5. The van der Waals surface area contributed by atoms with Crippen LogP contribution in [0.2, 0.25) is 0 Å². The van der Waals surface area contributed by atoms with E-state index in [0.29, 0.717) is 12.3 Å². The monoisotopic (exact) mass is 357 g/mol. The zero-order chi connectivity index (χ0) is 13.9. The molecule has 0 saturated heterocycles. The largest absolute Gasteiger partial charge is 0.391 e. The van der Waals surface area contributed by atoms with Gasteiger partial charge in [0.05, 0.1) is 16.6 Å². The molecule has 0 bridgehead atoms. The maximum absolute atomic E-state index is 13.8. The zero-order valence-corrected chi connectivity index (χ0v) is 13.3. The van der Waals surface area contributed by atoms with Crippen LogP contribution in [0.15, 0.2) is 16.6 Å². The van der Waals surface area contributed by atoms with Crippen LogP contribution in [-0.4, -0.2) is 11.2 Å². The van der Waals surface area contributed by atoms with Crippen molar-refractivity contribution in [1.29, 1.82) is 0 Å². The summed E-state index contributed by atoms with van der Waals surface area (Å²) in [7, 11) is 0. The van der Waals surface area contributed by atoms with Crippen molar-refractivity contribution in [3.63, 3.8) is 0 Å². The minimum Gasteiger partial charge on any atom is -0.391 e. The van der Waals surface area contributed by atoms with Crippen molar-refractivity contribution in [2.75, 3.05) is 0 Å². The Labute approximate surface area is 126 Å². The molecular weight excluding hydrogens is 340 g/mol. The van der Waals surface area contributed by atoms with Gasteiger partial charge in [0.15, 0.2) is 0 Å². The highest BCUT2D eigenvalue weighted by atomic mass is 79.9. The molecule has 1 aromatic carbocycles. The van der Waals surface area contributed by atoms with E-state index in [2.05, 4.69) is 15.9 Å². The molecule has 0 amide bonds. The third-order valence-corrected chi connectivity index (χ3v) is 3.48. The Morgan fingerprint density at radius 3 is 2.37 bits per heavy atom. The molecule has 2 atom stereocenters. The molecule has 0 fully saturated rings. The van der Waals surface area contributed by atoms with Crippen LogP contribution >= 0.6 is 28.3 Å². The molecule has 3 N–H and O–H groups in total. The Morgan fingerprint density at radius 2 is 1.84 bits per heavy atom. The fourth-order valence-corrected chi connectivity index (χ4v) is 2.07. The SMILES string of the molecule is CC(C)CC[C@@H](O)[C@@H](N)c1c(F)ccc(Br)c1F.Cl. The van der Waals surface area contributed by atoms with E-state index in [0.717, 1.165) is 12.5 Å². The summed E-state index contributed by atoms with van der Waals surface area (Å²) in [5, 5.41) is 9.89. The molecule has 19 heavy (non-hydrogen) atoms. The summed E-state index contributed by atoms with van der Waals surface area (Å²) >= 11 is 2.98. The molecule has 0 aliphatic carbocycles. The van der Waals surface area contributed by atoms with Crippen LogP contribution < -0.4 is 5.73 Å². The highest BCUT2D eigenvalue weighted by molar-refractivity contribution is 9.10. The number of benzene rings is 1. The van der Waals surface area contributed by atoms with Crippen LogP contribution in [0.4, 0.5) is 8.78 Å². The van der Waals surface area contributed by atoms with E-state index in [1.807, 2.05) is 13.8 Å². The molecule has 2 nitrogen and oxygen atoms in total. The molecule has 0 aliphatic rings. The first-order chi connectivity index (χ1) is 8.34. The quantitative estimate of drug-likeness (QED) is 0.783. The summed E-state index contributed by atoms with van der Waals surface area (Å²) in [4.78, 5) is 0. The lowest BCUT2D eigenvalue weighted by atomic mass is 9.95. The third kappa shape index (κ3) is 4.99. The topological polar surface area (TPSA) is 46.2 Å². The second-order valence-corrected chi connectivity index (χ2v) is 5.68. The number of hydrogen-bond acceptors (Lipinski definition) is 2. The van der Waals surface area contributed by atoms with Crippen LogP contribution in [0, 0.1) is 17.6 Å². The minimum atomic E-state index is -1.05. The van der Waals surface area contributed by atoms with Gasteiger partial charge in [-0.1, -0.05) is 13.8 Å². The molecule has 0 radical (unpaired) electrons. The van der Waals surface area contributed by atoms with Crippen LogP contribution in [0.1, 0.15) is 38.3 Å². The average Bonchev–Trinajstić information content (AvgIpc) is 2.31. The Balaban J connectivity index is 0.00000324. The number of rotatable bonds is 5. The molecule has 110 valence electrons. The second kappa shape index (κ2) is 8.15. The Morgan fingerprint density at radius 1 is 1.26 bits per heavy atom. The molecule has 0 spiro atoms. The maximum Gasteiger partial charge on any atom is 0.145 e. The van der Waals surface area contributed by atoms with Gasteiger partial charge in [0.1, 0.15) is 11.6 Å². The van der Waals surface area contributed by atoms with Crippen LogP contribution in [-0.2, 0) is 0 Å². The van der Waals surface area contributed by atoms with Crippen molar-refractivity contribution in [2.24, 2.45) is 11.7 Å². The lowest BCUT2D eigenvalue weighted by Crippen LogP contribution is -2.28. The van der Waals surface area contributed by atoms with E-state index in [-0.39, 0.29) is 22.4 Å². The van der Waals surface area contributed by atoms with Crippen molar-refractivity contribution >= 4 is 28.3 Å². The summed E-state index contributed by atoms with van der Waals surface area (Å²) in [5.41, 5.74) is 5.48. The second-order valence-electron chi connectivity index (χ2n) is 4.82. The number of aliphatic hydroxyl groups is 1. The van der Waals surface area contributed by atoms with Crippen molar-refractivity contribution in [2.45, 2.75) is 38.8 Å². The van der Waals surface area contributed by atoms with Crippen molar-refractivity contribution in [3.8, 4) is 0 Å². The highest BCUT2D eigenvalue weighted by Crippen LogP contribution is 2.28. The van der Waals surface area contributed by atoms with Crippen molar-refractivity contribution in [3.05, 3.63) is 33.8 Å². The molecule has 0 saturated carbocycles. The highest BCUT2D eigenvalue weighted by Gasteiger charge is 2.24. The normalized spacial score (nSPS) is 14.1. The Hall–Kier alpha value is -0.230. The smallest absolute Gasteiger partial charge is 0.145 e. The molecule has 6 heteroatoms. The van der Waals surface area contributed by atoms with Gasteiger partial charge in [-0.25, -0.2) is 8.78 Å². The van der Waals surface area contributed by atoms with Gasteiger partial charge in [0.25, 0.3) is 0 Å². The summed E-state index contributed by atoms with van der Waals surface area (Å²) in [6.07, 6.45) is 0.224. The number of hydrogen-bond donors (Lipinski definition) is 2. The van der Waals surface area contributed by atoms with Gasteiger partial charge in [-0.2, -0.15) is 0 Å². The average molecular weight is 359 g/mol. The summed E-state index contributed by atoms with van der Waals surface area (Å²) in [6, 6.07) is 1.36. The number of halogens is 4. The van der Waals surface area contributed by atoms with E-state index >= 15 is 0 Å². The lowest BCUT2D eigenvalue weighted by Gasteiger charge is -2.21. The fourth-order valence-electron chi connectivity index (χ4n) is 1.72. The van der Waals surface area contributed by atoms with Crippen molar-refractivity contribution in [1.82, 2.24) is 0 Å². The number of aliphatic hydroxyl groups excluding tert-OH is 1. The third-order valence-electron chi connectivity index (χ3n) is 2.87. The summed E-state index contributed by atoms with van der Waals surface area (Å²) in [6.45, 7) is 4.02. The molecule has 1 rings (SSSR count). The van der Waals surface area contributed by atoms with Gasteiger partial charge in [-0.05, 0) is 46.8 Å². The first kappa shape index (κ1) is 18.8. The first-order valence-electron chi connectivity index (χ1n) is 5.91. The molecular formula is C13H19BrClF2NO. The molecule has 0 aliphatic heterocycles. The van der Waals surface area contributed by atoms with Crippen molar-refractivity contribution < 1.29 is 13.9 Å². The van der Waals surface area contributed by atoms with E-state index in [1.54, 1.807) is 0 Å². The van der Waals surface area contributed by atoms with Gasteiger partial charge in [0.2, 0.25) is 0 Å². The van der Waals surface area contributed by atoms with E-state index in [1.165, 1.54) is 6.07 Å². The predicted molar refractivity (Wildman–Crippen MR) is 78.3 cm³/mol. The van der Waals surface area contributed by atoms with E-state index in [4.69, 9.17) is 5.73 Å². The molecule has 0 aromatic heterocycles. The van der Waals surface area contributed by atoms with E-state index in [9.17, 15) is 13.9 Å². The predicted octanol–water partition coefficient (Wildman–Crippen LogP) is 3.95. The minimum absolute atomic E-state index is 0. The maximum atomic E-state index is 13.8. The molecule has 0 unspecified atom stereocenters. The fraction of sp³-hybridized carbons (Fsp3) is 0.538. The van der Waals surface area contributed by atoms with Gasteiger partial charge < -0.3 is 10.8 Å². The van der Waals surface area contributed by atoms with E-state index < -0.39 is 23.8 Å². The van der Waals surface area contributed by atoms with Crippen LogP contribution in [0.3, 0.4) is 0 Å². The van der Waals surface area contributed by atoms with Gasteiger partial charge in [-0.3, -0.25) is 0 Å². The lowest BCUT2D eigenvalue weighted by molar-refractivity contribution is 0.125. The van der Waals surface area contributed by atoms with Crippen LogP contribution in [0.5, 0.6) is 0 Å². The standard InChI is InChI=1S/C13H18BrF2NO.ClH/c1-7(2)3-6-10(18)13(17)11-9(15)5-4-8(14)12(11)16;/h4-5,7,10,13,18H,3,6,17H2,1-2H3;1H/t10-,13-;/m1./s1. The van der Waals surface area contributed by atoms with Crippen LogP contribution in [0.25, 0.3) is 0 Å². The van der Waals surface area contributed by atoms with Gasteiger partial charge >= 0.3 is 0 Å². The molecule has 0 heterocycles. The van der Waals surface area contributed by atoms with Gasteiger partial charge in [0, 0.05) is 5.56 Å². The Kier molecular flexibility index (Phi) is 8.05. The molecule has 1 aromatic rings. The summed E-state index contributed by atoms with van der Waals surface area (Å²) in [5.74, 6) is -1.07. The Bertz CT molecular complexity index is 418. The number of nitrogens with two attached hydrogens (primary N) is 1. The zero-order valence-electron chi connectivity index (χ0n) is 10.9.